The van der Waals surface area contributed by atoms with E-state index in [4.69, 9.17) is 11.6 Å². The number of alkyl halides is 1. The zero-order valence-corrected chi connectivity index (χ0v) is 9.60. The highest BCUT2D eigenvalue weighted by atomic mass is 35.5. The van der Waals surface area contributed by atoms with E-state index in [1.54, 1.807) is 0 Å². The van der Waals surface area contributed by atoms with Crippen molar-refractivity contribution in [3.63, 3.8) is 0 Å². The first-order chi connectivity index (χ1) is 6.65. The van der Waals surface area contributed by atoms with Gasteiger partial charge in [0.1, 0.15) is 5.88 Å². The predicted molar refractivity (Wildman–Crippen MR) is 58.0 cm³/mol. The molecular weight excluding hydrogens is 200 g/mol. The molecule has 0 aromatic heterocycles. The summed E-state index contributed by atoms with van der Waals surface area (Å²) in [6.45, 7) is 4.44. The quantitative estimate of drug-likeness (QED) is 0.559. The van der Waals surface area contributed by atoms with Crippen molar-refractivity contribution in [2.24, 2.45) is 11.8 Å². The van der Waals surface area contributed by atoms with E-state index < -0.39 is 0 Å². The van der Waals surface area contributed by atoms with E-state index >= 15 is 0 Å². The number of rotatable bonds is 3. The third kappa shape index (κ3) is 3.14. The molecule has 14 heavy (non-hydrogen) atoms. The van der Waals surface area contributed by atoms with Gasteiger partial charge in [0.2, 0.25) is 5.91 Å². The lowest BCUT2D eigenvalue weighted by atomic mass is 9.79. The van der Waals surface area contributed by atoms with Crippen molar-refractivity contribution in [1.82, 2.24) is 10.9 Å². The second-order valence-electron chi connectivity index (χ2n) is 4.24. The molecule has 1 saturated carbocycles. The van der Waals surface area contributed by atoms with Gasteiger partial charge in [-0.1, -0.05) is 20.3 Å². The molecule has 0 saturated heterocycles. The summed E-state index contributed by atoms with van der Waals surface area (Å²) in [5.74, 6) is 1.10. The maximum absolute atomic E-state index is 11.0. The van der Waals surface area contributed by atoms with Gasteiger partial charge in [0.05, 0.1) is 0 Å². The minimum Gasteiger partial charge on any atom is -0.290 e. The highest BCUT2D eigenvalue weighted by Gasteiger charge is 2.27. The highest BCUT2D eigenvalue weighted by molar-refractivity contribution is 6.27. The Bertz CT molecular complexity index is 189. The number of hydrogen-bond donors (Lipinski definition) is 2. The Hall–Kier alpha value is -0.280. The van der Waals surface area contributed by atoms with Gasteiger partial charge in [-0.05, 0) is 24.7 Å². The van der Waals surface area contributed by atoms with Gasteiger partial charge in [0.15, 0.2) is 0 Å². The number of hydrazine groups is 1. The van der Waals surface area contributed by atoms with Crippen LogP contribution in [0, 0.1) is 11.8 Å². The summed E-state index contributed by atoms with van der Waals surface area (Å²) in [5, 5.41) is 0. The molecule has 0 aromatic rings. The maximum atomic E-state index is 11.0. The van der Waals surface area contributed by atoms with E-state index in [1.807, 2.05) is 0 Å². The van der Waals surface area contributed by atoms with Crippen LogP contribution < -0.4 is 10.9 Å². The number of carbonyl (C=O) groups is 1. The zero-order valence-electron chi connectivity index (χ0n) is 8.85. The molecule has 0 aromatic carbocycles. The first-order valence-corrected chi connectivity index (χ1v) is 5.79. The van der Waals surface area contributed by atoms with Crippen molar-refractivity contribution in [1.29, 1.82) is 0 Å². The van der Waals surface area contributed by atoms with Gasteiger partial charge in [-0.15, -0.1) is 11.6 Å². The fourth-order valence-electron chi connectivity index (χ4n) is 2.16. The topological polar surface area (TPSA) is 41.1 Å². The molecule has 2 unspecified atom stereocenters. The normalized spacial score (nSPS) is 32.6. The van der Waals surface area contributed by atoms with Crippen molar-refractivity contribution in [3.05, 3.63) is 0 Å². The average molecular weight is 219 g/mol. The lowest BCUT2D eigenvalue weighted by Gasteiger charge is -2.35. The number of amides is 1. The molecule has 3 nitrogen and oxygen atoms in total. The van der Waals surface area contributed by atoms with E-state index in [0.29, 0.717) is 17.9 Å². The Morgan fingerprint density at radius 3 is 2.43 bits per heavy atom. The van der Waals surface area contributed by atoms with Gasteiger partial charge < -0.3 is 0 Å². The Labute approximate surface area is 90.6 Å². The van der Waals surface area contributed by atoms with Crippen LogP contribution in [0.5, 0.6) is 0 Å². The van der Waals surface area contributed by atoms with Crippen LogP contribution in [0.2, 0.25) is 0 Å². The smallest absolute Gasteiger partial charge is 0.249 e. The molecular formula is C10H19ClN2O. The highest BCUT2D eigenvalue weighted by Crippen LogP contribution is 2.28. The Balaban J connectivity index is 2.36. The third-order valence-electron chi connectivity index (χ3n) is 3.04. The van der Waals surface area contributed by atoms with Crippen LogP contribution >= 0.6 is 11.6 Å². The first kappa shape index (κ1) is 11.8. The Morgan fingerprint density at radius 1 is 1.36 bits per heavy atom. The summed E-state index contributed by atoms with van der Waals surface area (Å²) < 4.78 is 0. The van der Waals surface area contributed by atoms with E-state index in [0.717, 1.165) is 0 Å². The molecule has 0 radical (unpaired) electrons. The second kappa shape index (κ2) is 5.56. The predicted octanol–water partition coefficient (Wildman–Crippen LogP) is 1.67. The van der Waals surface area contributed by atoms with Gasteiger partial charge in [-0.3, -0.25) is 10.2 Å². The lowest BCUT2D eigenvalue weighted by Crippen LogP contribution is -2.51. The fraction of sp³-hybridized carbons (Fsp3) is 0.900. The molecule has 82 valence electrons. The van der Waals surface area contributed by atoms with Gasteiger partial charge in [-0.2, -0.15) is 0 Å². The summed E-state index contributed by atoms with van der Waals surface area (Å²) in [6, 6.07) is 0.385. The largest absolute Gasteiger partial charge is 0.290 e. The number of carbonyl (C=O) groups excluding carboxylic acids is 1. The summed E-state index contributed by atoms with van der Waals surface area (Å²) in [7, 11) is 0. The molecule has 1 aliphatic rings. The minimum atomic E-state index is -0.156. The van der Waals surface area contributed by atoms with Crippen molar-refractivity contribution in [3.8, 4) is 0 Å². The minimum absolute atomic E-state index is 0.0164. The van der Waals surface area contributed by atoms with Crippen LogP contribution in [0.4, 0.5) is 0 Å². The summed E-state index contributed by atoms with van der Waals surface area (Å²) in [6.07, 6.45) is 3.77. The van der Waals surface area contributed by atoms with E-state index in [2.05, 4.69) is 24.7 Å². The molecule has 1 rings (SSSR count). The standard InChI is InChI=1S/C10H19ClN2O/c1-7-4-3-5-8(2)10(7)13-12-9(14)6-11/h7-8,10,13H,3-6H2,1-2H3,(H,12,14). The summed E-state index contributed by atoms with van der Waals surface area (Å²) >= 11 is 5.39. The van der Waals surface area contributed by atoms with Crippen LogP contribution in [0.1, 0.15) is 33.1 Å². The zero-order chi connectivity index (χ0) is 10.6. The van der Waals surface area contributed by atoms with Crippen LogP contribution in [-0.2, 0) is 4.79 Å². The van der Waals surface area contributed by atoms with Crippen LogP contribution in [0.25, 0.3) is 0 Å². The van der Waals surface area contributed by atoms with Crippen LogP contribution in [0.3, 0.4) is 0 Å². The van der Waals surface area contributed by atoms with Crippen molar-refractivity contribution < 1.29 is 4.79 Å². The van der Waals surface area contributed by atoms with Gasteiger partial charge in [0.25, 0.3) is 0 Å². The summed E-state index contributed by atoms with van der Waals surface area (Å²) in [5.41, 5.74) is 5.73. The van der Waals surface area contributed by atoms with E-state index in [-0.39, 0.29) is 11.8 Å². The van der Waals surface area contributed by atoms with Crippen LogP contribution in [0.15, 0.2) is 0 Å². The molecule has 0 spiro atoms. The lowest BCUT2D eigenvalue weighted by molar-refractivity contribution is -0.120. The Morgan fingerprint density at radius 2 is 1.93 bits per heavy atom. The molecule has 1 fully saturated rings. The average Bonchev–Trinajstić information content (AvgIpc) is 2.16. The molecule has 0 aliphatic heterocycles. The van der Waals surface area contributed by atoms with Gasteiger partial charge in [0, 0.05) is 6.04 Å². The van der Waals surface area contributed by atoms with Crippen molar-refractivity contribution in [2.75, 3.05) is 5.88 Å². The monoisotopic (exact) mass is 218 g/mol. The second-order valence-corrected chi connectivity index (χ2v) is 4.50. The first-order valence-electron chi connectivity index (χ1n) is 5.25. The number of halogens is 1. The molecule has 1 aliphatic carbocycles. The van der Waals surface area contributed by atoms with Crippen molar-refractivity contribution >= 4 is 17.5 Å². The Kier molecular flexibility index (Phi) is 4.69. The molecule has 4 heteroatoms. The summed E-state index contributed by atoms with van der Waals surface area (Å²) in [4.78, 5) is 11.0. The maximum Gasteiger partial charge on any atom is 0.249 e. The van der Waals surface area contributed by atoms with Crippen LogP contribution in [-0.4, -0.2) is 17.8 Å². The molecule has 0 bridgehead atoms. The number of nitrogens with one attached hydrogen (secondary N) is 2. The fourth-order valence-corrected chi connectivity index (χ4v) is 2.23. The molecule has 2 atom stereocenters. The molecule has 0 heterocycles. The van der Waals surface area contributed by atoms with Gasteiger partial charge in [-0.25, -0.2) is 5.43 Å². The molecule has 1 amide bonds. The SMILES string of the molecule is CC1CCCC(C)C1NNC(=O)CCl. The van der Waals surface area contributed by atoms with E-state index in [1.165, 1.54) is 19.3 Å². The van der Waals surface area contributed by atoms with Gasteiger partial charge >= 0.3 is 0 Å². The van der Waals surface area contributed by atoms with Crippen molar-refractivity contribution in [2.45, 2.75) is 39.2 Å². The third-order valence-corrected chi connectivity index (χ3v) is 3.29. The van der Waals surface area contributed by atoms with E-state index in [9.17, 15) is 4.79 Å². The number of hydrogen-bond acceptors (Lipinski definition) is 2. The molecule has 2 N–H and O–H groups in total.